The maximum Gasteiger partial charge on any atom is 0.119 e. The molecule has 2 rings (SSSR count). The van der Waals surface area contributed by atoms with Crippen molar-refractivity contribution in [1.29, 1.82) is 0 Å². The second kappa shape index (κ2) is 6.62. The Balaban J connectivity index is 1.86. The zero-order valence-corrected chi connectivity index (χ0v) is 13.4. The van der Waals surface area contributed by atoms with Crippen LogP contribution >= 0.6 is 0 Å². The summed E-state index contributed by atoms with van der Waals surface area (Å²) < 4.78 is 5.97. The maximum atomic E-state index is 5.97. The first-order valence-electron chi connectivity index (χ1n) is 7.97. The van der Waals surface area contributed by atoms with Crippen molar-refractivity contribution in [2.24, 2.45) is 5.92 Å². The lowest BCUT2D eigenvalue weighted by Crippen LogP contribution is -2.37. The van der Waals surface area contributed by atoms with E-state index in [1.54, 1.807) is 0 Å². The lowest BCUT2D eigenvalue weighted by Gasteiger charge is -2.21. The molecule has 0 heterocycles. The first kappa shape index (κ1) is 15.4. The normalized spacial score (nSPS) is 17.0. The molecule has 1 aliphatic carbocycles. The van der Waals surface area contributed by atoms with Crippen LogP contribution in [0.1, 0.15) is 52.5 Å². The molecule has 2 nitrogen and oxygen atoms in total. The van der Waals surface area contributed by atoms with Crippen molar-refractivity contribution in [3.63, 3.8) is 0 Å². The lowest BCUT2D eigenvalue weighted by atomic mass is 9.87. The highest BCUT2D eigenvalue weighted by Crippen LogP contribution is 2.33. The van der Waals surface area contributed by atoms with E-state index in [4.69, 9.17) is 4.74 Å². The van der Waals surface area contributed by atoms with E-state index in [0.717, 1.165) is 24.8 Å². The third kappa shape index (κ3) is 4.52. The van der Waals surface area contributed by atoms with Crippen LogP contribution in [0.2, 0.25) is 0 Å². The number of benzene rings is 1. The quantitative estimate of drug-likeness (QED) is 0.807. The molecule has 0 radical (unpaired) electrons. The molecule has 0 aliphatic heterocycles. The Morgan fingerprint density at radius 1 is 1.20 bits per heavy atom. The molecule has 0 bridgehead atoms. The number of hydrogen-bond acceptors (Lipinski definition) is 2. The van der Waals surface area contributed by atoms with Crippen LogP contribution in [0.15, 0.2) is 24.3 Å². The SMILES string of the molecule is CCCNC(COc1ccc(C(C)(C)C)cc1)C1CC1. The molecule has 0 saturated heterocycles. The first-order valence-corrected chi connectivity index (χ1v) is 7.97. The van der Waals surface area contributed by atoms with Gasteiger partial charge in [0.2, 0.25) is 0 Å². The third-order valence-electron chi connectivity index (χ3n) is 4.00. The molecule has 2 heteroatoms. The van der Waals surface area contributed by atoms with E-state index in [1.165, 1.54) is 24.8 Å². The Labute approximate surface area is 123 Å². The Morgan fingerprint density at radius 3 is 2.35 bits per heavy atom. The topological polar surface area (TPSA) is 21.3 Å². The molecule has 1 N–H and O–H groups in total. The van der Waals surface area contributed by atoms with Crippen LogP contribution in [0.4, 0.5) is 0 Å². The van der Waals surface area contributed by atoms with E-state index < -0.39 is 0 Å². The van der Waals surface area contributed by atoms with Crippen LogP contribution in [0.5, 0.6) is 5.75 Å². The summed E-state index contributed by atoms with van der Waals surface area (Å²) in [5, 5.41) is 3.61. The van der Waals surface area contributed by atoms with Crippen molar-refractivity contribution < 1.29 is 4.74 Å². The highest BCUT2D eigenvalue weighted by molar-refractivity contribution is 5.31. The summed E-state index contributed by atoms with van der Waals surface area (Å²) in [5.74, 6) is 1.82. The van der Waals surface area contributed by atoms with Gasteiger partial charge in [0.05, 0.1) is 0 Å². The molecule has 0 aromatic heterocycles. The average molecular weight is 275 g/mol. The van der Waals surface area contributed by atoms with Gasteiger partial charge in [-0.1, -0.05) is 39.8 Å². The first-order chi connectivity index (χ1) is 9.50. The van der Waals surface area contributed by atoms with Crippen molar-refractivity contribution in [2.75, 3.05) is 13.2 Å². The summed E-state index contributed by atoms with van der Waals surface area (Å²) in [6.45, 7) is 10.8. The van der Waals surface area contributed by atoms with Gasteiger partial charge in [-0.2, -0.15) is 0 Å². The fourth-order valence-corrected chi connectivity index (χ4v) is 2.43. The minimum atomic E-state index is 0.206. The molecule has 20 heavy (non-hydrogen) atoms. The Morgan fingerprint density at radius 2 is 1.85 bits per heavy atom. The van der Waals surface area contributed by atoms with Crippen molar-refractivity contribution in [3.8, 4) is 5.75 Å². The van der Waals surface area contributed by atoms with E-state index in [-0.39, 0.29) is 5.41 Å². The molecule has 1 aromatic rings. The van der Waals surface area contributed by atoms with Gasteiger partial charge in [0.15, 0.2) is 0 Å². The van der Waals surface area contributed by atoms with Crippen LogP contribution in [0.25, 0.3) is 0 Å². The van der Waals surface area contributed by atoms with Gasteiger partial charge in [-0.25, -0.2) is 0 Å². The molecule has 0 spiro atoms. The van der Waals surface area contributed by atoms with Crippen molar-refractivity contribution in [1.82, 2.24) is 5.32 Å². The number of nitrogens with one attached hydrogen (secondary N) is 1. The summed E-state index contributed by atoms with van der Waals surface area (Å²) in [6.07, 6.45) is 3.89. The van der Waals surface area contributed by atoms with Gasteiger partial charge in [-0.15, -0.1) is 0 Å². The fourth-order valence-electron chi connectivity index (χ4n) is 2.43. The van der Waals surface area contributed by atoms with Crippen molar-refractivity contribution in [2.45, 2.75) is 58.4 Å². The zero-order valence-electron chi connectivity index (χ0n) is 13.4. The average Bonchev–Trinajstić information content (AvgIpc) is 3.23. The van der Waals surface area contributed by atoms with Gasteiger partial charge in [-0.3, -0.25) is 0 Å². The minimum absolute atomic E-state index is 0.206. The van der Waals surface area contributed by atoms with Crippen molar-refractivity contribution >= 4 is 0 Å². The van der Waals surface area contributed by atoms with Gasteiger partial charge in [-0.05, 0) is 54.8 Å². The molecule has 1 fully saturated rings. The van der Waals surface area contributed by atoms with Gasteiger partial charge in [0, 0.05) is 6.04 Å². The number of hydrogen-bond donors (Lipinski definition) is 1. The summed E-state index contributed by atoms with van der Waals surface area (Å²) in [5.41, 5.74) is 1.56. The molecule has 1 atom stereocenters. The Kier molecular flexibility index (Phi) is 5.09. The largest absolute Gasteiger partial charge is 0.492 e. The van der Waals surface area contributed by atoms with Crippen LogP contribution < -0.4 is 10.1 Å². The highest BCUT2D eigenvalue weighted by atomic mass is 16.5. The van der Waals surface area contributed by atoms with Gasteiger partial charge in [0.1, 0.15) is 12.4 Å². The van der Waals surface area contributed by atoms with Gasteiger partial charge < -0.3 is 10.1 Å². The highest BCUT2D eigenvalue weighted by Gasteiger charge is 2.31. The molecule has 1 aliphatic rings. The smallest absolute Gasteiger partial charge is 0.119 e. The van der Waals surface area contributed by atoms with Crippen molar-refractivity contribution in [3.05, 3.63) is 29.8 Å². The van der Waals surface area contributed by atoms with Gasteiger partial charge >= 0.3 is 0 Å². The molecule has 1 saturated carbocycles. The standard InChI is InChI=1S/C18H29NO/c1-5-12-19-17(14-6-7-14)13-20-16-10-8-15(9-11-16)18(2,3)4/h8-11,14,17,19H,5-7,12-13H2,1-4H3. The molecule has 112 valence electrons. The third-order valence-corrected chi connectivity index (χ3v) is 4.00. The second-order valence-corrected chi connectivity index (χ2v) is 6.98. The predicted octanol–water partition coefficient (Wildman–Crippen LogP) is 4.14. The molecular weight excluding hydrogens is 246 g/mol. The van der Waals surface area contributed by atoms with Crippen LogP contribution in [0.3, 0.4) is 0 Å². The molecular formula is C18H29NO. The maximum absolute atomic E-state index is 5.97. The molecule has 1 aromatic carbocycles. The van der Waals surface area contributed by atoms with E-state index >= 15 is 0 Å². The monoisotopic (exact) mass is 275 g/mol. The predicted molar refractivity (Wildman–Crippen MR) is 85.4 cm³/mol. The summed E-state index contributed by atoms with van der Waals surface area (Å²) in [7, 11) is 0. The lowest BCUT2D eigenvalue weighted by molar-refractivity contribution is 0.249. The van der Waals surface area contributed by atoms with E-state index in [1.807, 2.05) is 0 Å². The second-order valence-electron chi connectivity index (χ2n) is 6.98. The zero-order chi connectivity index (χ0) is 14.6. The van der Waals surface area contributed by atoms with Crippen LogP contribution in [0, 0.1) is 5.92 Å². The van der Waals surface area contributed by atoms with E-state index in [9.17, 15) is 0 Å². The summed E-state index contributed by atoms with van der Waals surface area (Å²) in [4.78, 5) is 0. The molecule has 0 amide bonds. The van der Waals surface area contributed by atoms with E-state index in [0.29, 0.717) is 6.04 Å². The fraction of sp³-hybridized carbons (Fsp3) is 0.667. The Hall–Kier alpha value is -1.02. The number of rotatable bonds is 7. The summed E-state index contributed by atoms with van der Waals surface area (Å²) >= 11 is 0. The van der Waals surface area contributed by atoms with Gasteiger partial charge in [0.25, 0.3) is 0 Å². The molecule has 1 unspecified atom stereocenters. The summed E-state index contributed by atoms with van der Waals surface area (Å²) in [6, 6.07) is 9.09. The minimum Gasteiger partial charge on any atom is -0.492 e. The number of ether oxygens (including phenoxy) is 1. The Bertz CT molecular complexity index is 400. The van der Waals surface area contributed by atoms with Crippen LogP contribution in [-0.2, 0) is 5.41 Å². The van der Waals surface area contributed by atoms with Crippen LogP contribution in [-0.4, -0.2) is 19.2 Å². The van der Waals surface area contributed by atoms with E-state index in [2.05, 4.69) is 57.3 Å².